The summed E-state index contributed by atoms with van der Waals surface area (Å²) in [6.45, 7) is 4.39. The van der Waals surface area contributed by atoms with Crippen LogP contribution in [0.4, 0.5) is 0 Å². The van der Waals surface area contributed by atoms with Crippen LogP contribution in [0, 0.1) is 5.92 Å². The third kappa shape index (κ3) is 5.88. The molecule has 2 nitrogen and oxygen atoms in total. The largest absolute Gasteiger partial charge is 0.478 e. The van der Waals surface area contributed by atoms with E-state index in [-0.39, 0.29) is 0 Å². The zero-order valence-corrected chi connectivity index (χ0v) is 15.7. The van der Waals surface area contributed by atoms with Gasteiger partial charge in [-0.05, 0) is 61.1 Å². The lowest BCUT2D eigenvalue weighted by Gasteiger charge is -2.28. The van der Waals surface area contributed by atoms with Crippen molar-refractivity contribution in [3.05, 3.63) is 53.6 Å². The Morgan fingerprint density at radius 3 is 2.32 bits per heavy atom. The fraction of sp³-hybridized carbons (Fsp3) is 0.522. The number of unbranched alkanes of at least 4 members (excludes halogenated alkanes) is 1. The molecule has 1 aliphatic carbocycles. The highest BCUT2D eigenvalue weighted by molar-refractivity contribution is 6.15. The molecule has 1 aromatic carbocycles. The van der Waals surface area contributed by atoms with E-state index >= 15 is 0 Å². The number of aliphatic carboxylic acids is 1. The van der Waals surface area contributed by atoms with Crippen LogP contribution in [0.2, 0.25) is 0 Å². The maximum absolute atomic E-state index is 11.5. The second kappa shape index (κ2) is 10.2. The van der Waals surface area contributed by atoms with Crippen LogP contribution in [0.15, 0.2) is 42.5 Å². The second-order valence-corrected chi connectivity index (χ2v) is 7.23. The lowest BCUT2D eigenvalue weighted by molar-refractivity contribution is -0.130. The van der Waals surface area contributed by atoms with Gasteiger partial charge in [0.25, 0.3) is 0 Å². The number of hydrogen-bond acceptors (Lipinski definition) is 1. The van der Waals surface area contributed by atoms with Crippen LogP contribution < -0.4 is 0 Å². The minimum absolute atomic E-state index is 0.366. The molecule has 1 fully saturated rings. The highest BCUT2D eigenvalue weighted by Gasteiger charge is 2.22. The second-order valence-electron chi connectivity index (χ2n) is 7.23. The van der Waals surface area contributed by atoms with Crippen LogP contribution in [0.5, 0.6) is 0 Å². The maximum Gasteiger partial charge on any atom is 0.336 e. The van der Waals surface area contributed by atoms with E-state index < -0.39 is 5.97 Å². The molecule has 0 spiro atoms. The quantitative estimate of drug-likeness (QED) is 0.428. The summed E-state index contributed by atoms with van der Waals surface area (Å²) in [5.74, 6) is 0.690. The summed E-state index contributed by atoms with van der Waals surface area (Å²) in [4.78, 5) is 11.5. The van der Waals surface area contributed by atoms with Crippen molar-refractivity contribution in [3.63, 3.8) is 0 Å². The average Bonchev–Trinajstić information content (AvgIpc) is 2.63. The minimum atomic E-state index is -0.867. The Hall–Kier alpha value is -1.83. The maximum atomic E-state index is 11.5. The first kappa shape index (κ1) is 19.5. The Balaban J connectivity index is 2.04. The molecule has 136 valence electrons. The van der Waals surface area contributed by atoms with E-state index in [0.29, 0.717) is 11.5 Å². The first-order valence-electron chi connectivity index (χ1n) is 9.86. The highest BCUT2D eigenvalue weighted by atomic mass is 16.4. The van der Waals surface area contributed by atoms with E-state index in [0.717, 1.165) is 24.3 Å². The molecule has 0 heterocycles. The van der Waals surface area contributed by atoms with Crippen molar-refractivity contribution in [1.82, 2.24) is 0 Å². The van der Waals surface area contributed by atoms with Crippen LogP contribution in [-0.2, 0) is 4.79 Å². The van der Waals surface area contributed by atoms with E-state index in [1.54, 1.807) is 6.08 Å². The van der Waals surface area contributed by atoms with Gasteiger partial charge in [-0.25, -0.2) is 4.79 Å². The van der Waals surface area contributed by atoms with E-state index in [9.17, 15) is 9.90 Å². The van der Waals surface area contributed by atoms with Gasteiger partial charge in [-0.1, -0.05) is 69.5 Å². The monoisotopic (exact) mass is 340 g/mol. The highest BCUT2D eigenvalue weighted by Crippen LogP contribution is 2.37. The van der Waals surface area contributed by atoms with Crippen LogP contribution in [0.3, 0.4) is 0 Å². The minimum Gasteiger partial charge on any atom is -0.478 e. The van der Waals surface area contributed by atoms with Crippen molar-refractivity contribution in [2.24, 2.45) is 5.92 Å². The Labute approximate surface area is 152 Å². The number of rotatable bonds is 8. The smallest absolute Gasteiger partial charge is 0.336 e. The van der Waals surface area contributed by atoms with Crippen molar-refractivity contribution in [3.8, 4) is 0 Å². The zero-order valence-electron chi connectivity index (χ0n) is 15.7. The Morgan fingerprint density at radius 2 is 1.76 bits per heavy atom. The van der Waals surface area contributed by atoms with Gasteiger partial charge < -0.3 is 5.11 Å². The number of benzene rings is 1. The SMILES string of the molecule is CCCC=CC=C(C(=O)O)c1ccc(C2CCC(CCC)CC2)cc1. The standard InChI is InChI=1S/C23H32O2/c1-3-5-6-7-9-22(23(24)25)21-16-14-20(15-17-21)19-12-10-18(8-4-2)11-13-19/h6-7,9,14-19H,3-5,8,10-13H2,1-2H3,(H,24,25). The van der Waals surface area contributed by atoms with Crippen molar-refractivity contribution < 1.29 is 9.90 Å². The van der Waals surface area contributed by atoms with Crippen LogP contribution >= 0.6 is 0 Å². The summed E-state index contributed by atoms with van der Waals surface area (Å²) in [5.41, 5.74) is 2.52. The van der Waals surface area contributed by atoms with Crippen molar-refractivity contribution >= 4 is 11.5 Å². The molecule has 0 atom stereocenters. The molecule has 0 saturated heterocycles. The normalized spacial score (nSPS) is 21.6. The topological polar surface area (TPSA) is 37.3 Å². The van der Waals surface area contributed by atoms with Crippen molar-refractivity contribution in [2.45, 2.75) is 71.1 Å². The Bertz CT molecular complexity index is 587. The molecule has 1 saturated carbocycles. The average molecular weight is 341 g/mol. The van der Waals surface area contributed by atoms with Crippen molar-refractivity contribution in [2.75, 3.05) is 0 Å². The first-order valence-corrected chi connectivity index (χ1v) is 9.86. The molecular formula is C23H32O2. The summed E-state index contributed by atoms with van der Waals surface area (Å²) >= 11 is 0. The Kier molecular flexibility index (Phi) is 7.97. The fourth-order valence-corrected chi connectivity index (χ4v) is 3.85. The van der Waals surface area contributed by atoms with Gasteiger partial charge in [-0.2, -0.15) is 0 Å². The summed E-state index contributed by atoms with van der Waals surface area (Å²) in [6.07, 6.45) is 15.5. The summed E-state index contributed by atoms with van der Waals surface area (Å²) < 4.78 is 0. The van der Waals surface area contributed by atoms with Gasteiger partial charge in [0.2, 0.25) is 0 Å². The fourth-order valence-electron chi connectivity index (χ4n) is 3.85. The van der Waals surface area contributed by atoms with Crippen LogP contribution in [0.1, 0.15) is 82.3 Å². The van der Waals surface area contributed by atoms with E-state index in [1.807, 2.05) is 24.3 Å². The lowest BCUT2D eigenvalue weighted by Crippen LogP contribution is -2.13. The third-order valence-electron chi connectivity index (χ3n) is 5.32. The van der Waals surface area contributed by atoms with Gasteiger partial charge in [-0.3, -0.25) is 0 Å². The van der Waals surface area contributed by atoms with Crippen LogP contribution in [-0.4, -0.2) is 11.1 Å². The van der Waals surface area contributed by atoms with Gasteiger partial charge in [0.15, 0.2) is 0 Å². The predicted molar refractivity (Wildman–Crippen MR) is 106 cm³/mol. The van der Waals surface area contributed by atoms with Gasteiger partial charge in [0.1, 0.15) is 0 Å². The molecule has 0 aliphatic heterocycles. The number of allylic oxidation sites excluding steroid dienone is 3. The molecular weight excluding hydrogens is 308 g/mol. The van der Waals surface area contributed by atoms with Crippen molar-refractivity contribution in [1.29, 1.82) is 0 Å². The first-order chi connectivity index (χ1) is 12.2. The Morgan fingerprint density at radius 1 is 1.08 bits per heavy atom. The van der Waals surface area contributed by atoms with E-state index in [1.165, 1.54) is 44.1 Å². The van der Waals surface area contributed by atoms with E-state index in [4.69, 9.17) is 0 Å². The number of carbonyl (C=O) groups is 1. The third-order valence-corrected chi connectivity index (χ3v) is 5.32. The number of hydrogen-bond donors (Lipinski definition) is 1. The lowest BCUT2D eigenvalue weighted by atomic mass is 9.77. The van der Waals surface area contributed by atoms with Gasteiger partial charge in [-0.15, -0.1) is 0 Å². The summed E-state index contributed by atoms with van der Waals surface area (Å²) in [5, 5.41) is 9.48. The molecule has 2 rings (SSSR count). The molecule has 0 amide bonds. The molecule has 1 N–H and O–H groups in total. The molecule has 0 bridgehead atoms. The zero-order chi connectivity index (χ0) is 18.1. The van der Waals surface area contributed by atoms with Crippen LogP contribution in [0.25, 0.3) is 5.57 Å². The predicted octanol–water partition coefficient (Wildman–Crippen LogP) is 6.58. The summed E-state index contributed by atoms with van der Waals surface area (Å²) in [6, 6.07) is 8.21. The molecule has 25 heavy (non-hydrogen) atoms. The molecule has 0 radical (unpaired) electrons. The van der Waals surface area contributed by atoms with Gasteiger partial charge in [0.05, 0.1) is 5.57 Å². The molecule has 1 aliphatic rings. The number of carboxylic acid groups (broad SMARTS) is 1. The van der Waals surface area contributed by atoms with Gasteiger partial charge >= 0.3 is 5.97 Å². The molecule has 1 aromatic rings. The molecule has 0 aromatic heterocycles. The van der Waals surface area contributed by atoms with Gasteiger partial charge in [0, 0.05) is 0 Å². The number of carboxylic acids is 1. The summed E-state index contributed by atoms with van der Waals surface area (Å²) in [7, 11) is 0. The molecule has 0 unspecified atom stereocenters. The molecule has 2 heteroatoms. The van der Waals surface area contributed by atoms with E-state index in [2.05, 4.69) is 26.0 Å².